The fraction of sp³-hybridized carbons (Fsp3) is 0.500. The Hall–Kier alpha value is -0.195. The van der Waals surface area contributed by atoms with Crippen LogP contribution in [0.15, 0.2) is 11.5 Å². The lowest BCUT2D eigenvalue weighted by Gasteiger charge is -1.63. The van der Waals surface area contributed by atoms with Gasteiger partial charge in [-0.1, -0.05) is 12.9 Å². The SMILES string of the molecule is C[B]C1=CC1. The van der Waals surface area contributed by atoms with E-state index in [4.69, 9.17) is 0 Å². The first-order valence-corrected chi connectivity index (χ1v) is 1.92. The zero-order chi connectivity index (χ0) is 3.70. The van der Waals surface area contributed by atoms with Gasteiger partial charge < -0.3 is 0 Å². The molecule has 0 N–H and O–H groups in total. The molecule has 0 aromatic carbocycles. The van der Waals surface area contributed by atoms with Gasteiger partial charge in [0.1, 0.15) is 7.28 Å². The van der Waals surface area contributed by atoms with E-state index in [-0.39, 0.29) is 0 Å². The van der Waals surface area contributed by atoms with E-state index in [0.717, 1.165) is 0 Å². The Balaban J connectivity index is 2.22. The van der Waals surface area contributed by atoms with Crippen LogP contribution in [0.4, 0.5) is 0 Å². The van der Waals surface area contributed by atoms with E-state index in [9.17, 15) is 0 Å². The van der Waals surface area contributed by atoms with Crippen LogP contribution in [0.3, 0.4) is 0 Å². The number of rotatable bonds is 1. The number of allylic oxidation sites excluding steroid dienone is 2. The van der Waals surface area contributed by atoms with Gasteiger partial charge in [0.15, 0.2) is 0 Å². The Labute approximate surface area is 33.1 Å². The molecule has 0 aromatic rings. The minimum absolute atomic E-state index is 1.25. The molecular formula is C4H6B. The van der Waals surface area contributed by atoms with Crippen LogP contribution in [0.5, 0.6) is 0 Å². The van der Waals surface area contributed by atoms with Crippen molar-refractivity contribution in [2.45, 2.75) is 13.2 Å². The molecule has 1 aliphatic rings. The van der Waals surface area contributed by atoms with Gasteiger partial charge in [0.25, 0.3) is 0 Å². The van der Waals surface area contributed by atoms with Crippen LogP contribution in [0, 0.1) is 0 Å². The predicted molar refractivity (Wildman–Crippen MR) is 24.3 cm³/mol. The quantitative estimate of drug-likeness (QED) is 0.400. The van der Waals surface area contributed by atoms with E-state index in [1.165, 1.54) is 11.9 Å². The van der Waals surface area contributed by atoms with E-state index in [2.05, 4.69) is 20.2 Å². The van der Waals surface area contributed by atoms with Crippen LogP contribution in [0.1, 0.15) is 6.42 Å². The van der Waals surface area contributed by atoms with Crippen molar-refractivity contribution < 1.29 is 0 Å². The van der Waals surface area contributed by atoms with Gasteiger partial charge in [-0.25, -0.2) is 0 Å². The summed E-state index contributed by atoms with van der Waals surface area (Å²) in [5.74, 6) is 0. The Morgan fingerprint density at radius 1 is 2.00 bits per heavy atom. The lowest BCUT2D eigenvalue weighted by atomic mass is 9.79. The van der Waals surface area contributed by atoms with Gasteiger partial charge in [0, 0.05) is 0 Å². The Bertz CT molecular complexity index is 64.0. The van der Waals surface area contributed by atoms with E-state index in [1.807, 2.05) is 0 Å². The highest BCUT2D eigenvalue weighted by Gasteiger charge is 2.01. The molecule has 0 saturated carbocycles. The number of hydrogen-bond acceptors (Lipinski definition) is 0. The van der Waals surface area contributed by atoms with Crippen LogP contribution >= 0.6 is 0 Å². The molecule has 0 saturated heterocycles. The zero-order valence-electron chi connectivity index (χ0n) is 3.36. The van der Waals surface area contributed by atoms with Gasteiger partial charge in [0.2, 0.25) is 0 Å². The Kier molecular flexibility index (Phi) is 0.535. The molecule has 0 heterocycles. The molecule has 5 heavy (non-hydrogen) atoms. The average Bonchev–Trinajstić information content (AvgIpc) is 2.12. The first-order valence-electron chi connectivity index (χ1n) is 1.92. The fourth-order valence-corrected chi connectivity index (χ4v) is 0.295. The zero-order valence-corrected chi connectivity index (χ0v) is 3.36. The molecule has 0 amide bonds. The smallest absolute Gasteiger partial charge is 0.109 e. The second-order valence-corrected chi connectivity index (χ2v) is 1.27. The largest absolute Gasteiger partial charge is 0.142 e. The summed E-state index contributed by atoms with van der Waals surface area (Å²) in [7, 11) is 2.14. The van der Waals surface area contributed by atoms with Gasteiger partial charge in [-0.3, -0.25) is 0 Å². The van der Waals surface area contributed by atoms with Crippen LogP contribution < -0.4 is 0 Å². The summed E-state index contributed by atoms with van der Waals surface area (Å²) in [4.78, 5) is 0. The van der Waals surface area contributed by atoms with E-state index >= 15 is 0 Å². The van der Waals surface area contributed by atoms with E-state index in [1.54, 1.807) is 0 Å². The highest BCUT2D eigenvalue weighted by Crippen LogP contribution is 2.14. The maximum atomic E-state index is 2.21. The van der Waals surface area contributed by atoms with Crippen molar-refractivity contribution in [3.8, 4) is 0 Å². The third kappa shape index (κ3) is 0.537. The highest BCUT2D eigenvalue weighted by molar-refractivity contribution is 6.45. The van der Waals surface area contributed by atoms with Gasteiger partial charge >= 0.3 is 0 Å². The molecule has 1 aliphatic carbocycles. The summed E-state index contributed by atoms with van der Waals surface area (Å²) in [6, 6.07) is 0. The third-order valence-corrected chi connectivity index (χ3v) is 0.811. The summed E-state index contributed by atoms with van der Waals surface area (Å²) < 4.78 is 0. The molecule has 0 fully saturated rings. The topological polar surface area (TPSA) is 0 Å². The molecule has 0 aromatic heterocycles. The molecule has 0 spiro atoms. The van der Waals surface area contributed by atoms with E-state index in [0.29, 0.717) is 0 Å². The second kappa shape index (κ2) is 0.888. The minimum atomic E-state index is 1.25. The lowest BCUT2D eigenvalue weighted by Crippen LogP contribution is -1.69. The highest BCUT2D eigenvalue weighted by atomic mass is 14.0. The van der Waals surface area contributed by atoms with Crippen molar-refractivity contribution >= 4 is 7.28 Å². The summed E-state index contributed by atoms with van der Waals surface area (Å²) in [5, 5.41) is 0. The molecule has 0 nitrogen and oxygen atoms in total. The van der Waals surface area contributed by atoms with Gasteiger partial charge in [-0.15, -0.1) is 5.47 Å². The number of hydrogen-bond donors (Lipinski definition) is 0. The van der Waals surface area contributed by atoms with Crippen molar-refractivity contribution in [1.82, 2.24) is 0 Å². The molecule has 1 heteroatoms. The Morgan fingerprint density at radius 2 is 2.60 bits per heavy atom. The lowest BCUT2D eigenvalue weighted by molar-refractivity contribution is 1.66. The first-order chi connectivity index (χ1) is 2.43. The van der Waals surface area contributed by atoms with Crippen molar-refractivity contribution in [2.24, 2.45) is 0 Å². The van der Waals surface area contributed by atoms with Crippen molar-refractivity contribution in [2.75, 3.05) is 0 Å². The van der Waals surface area contributed by atoms with Crippen molar-refractivity contribution in [1.29, 1.82) is 0 Å². The summed E-state index contributed by atoms with van der Waals surface area (Å²) >= 11 is 0. The molecule has 1 rings (SSSR count). The monoisotopic (exact) mass is 65.1 g/mol. The summed E-state index contributed by atoms with van der Waals surface area (Å²) in [6.45, 7) is 2.07. The molecule has 0 aliphatic heterocycles. The minimum Gasteiger partial charge on any atom is -0.109 e. The van der Waals surface area contributed by atoms with Crippen molar-refractivity contribution in [3.05, 3.63) is 11.5 Å². The van der Waals surface area contributed by atoms with Gasteiger partial charge in [0.05, 0.1) is 0 Å². The van der Waals surface area contributed by atoms with Crippen LogP contribution in [-0.4, -0.2) is 7.28 Å². The van der Waals surface area contributed by atoms with Gasteiger partial charge in [-0.05, 0) is 6.42 Å². The summed E-state index contributed by atoms with van der Waals surface area (Å²) in [6.07, 6.45) is 3.45. The fourth-order valence-electron chi connectivity index (χ4n) is 0.295. The van der Waals surface area contributed by atoms with Crippen molar-refractivity contribution in [3.63, 3.8) is 0 Å². The van der Waals surface area contributed by atoms with E-state index < -0.39 is 0 Å². The van der Waals surface area contributed by atoms with Crippen LogP contribution in [0.2, 0.25) is 6.82 Å². The standard InChI is InChI=1S/C4H6B/c1-5-4-2-3-4/h2H,3H2,1H3. The van der Waals surface area contributed by atoms with Crippen LogP contribution in [0.25, 0.3) is 0 Å². The normalized spacial score (nSPS) is 17.4. The molecule has 1 radical (unpaired) electrons. The third-order valence-electron chi connectivity index (χ3n) is 0.811. The average molecular weight is 64.9 g/mol. The molecule has 0 bridgehead atoms. The molecular weight excluding hydrogens is 58.9 g/mol. The van der Waals surface area contributed by atoms with Crippen LogP contribution in [-0.2, 0) is 0 Å². The molecule has 25 valence electrons. The predicted octanol–water partition coefficient (Wildman–Crippen LogP) is 1.03. The molecule has 0 atom stereocenters. The second-order valence-electron chi connectivity index (χ2n) is 1.27. The molecule has 0 unspecified atom stereocenters. The Morgan fingerprint density at radius 3 is 2.60 bits per heavy atom. The summed E-state index contributed by atoms with van der Waals surface area (Å²) in [5.41, 5.74) is 1.50. The van der Waals surface area contributed by atoms with Gasteiger partial charge in [-0.2, -0.15) is 0 Å². The maximum Gasteiger partial charge on any atom is 0.142 e. The maximum absolute atomic E-state index is 2.21. The first kappa shape index (κ1) is 3.01.